The van der Waals surface area contributed by atoms with Gasteiger partial charge in [-0.05, 0) is 38.0 Å². The van der Waals surface area contributed by atoms with Gasteiger partial charge in [-0.2, -0.15) is 4.98 Å². The summed E-state index contributed by atoms with van der Waals surface area (Å²) in [5.41, 5.74) is 1.88. The quantitative estimate of drug-likeness (QED) is 0.901. The summed E-state index contributed by atoms with van der Waals surface area (Å²) < 4.78 is 5.65. The molecule has 0 bridgehead atoms. The standard InChI is InChI=1S/C14H16N2O2/c1-4-11-7-14(16-10(3)15-11)18-13-6-9(2)5-12(17)8-13/h5-8,17H,4H2,1-3H3. The number of aromatic nitrogens is 2. The average molecular weight is 244 g/mol. The maximum Gasteiger partial charge on any atom is 0.222 e. The van der Waals surface area contributed by atoms with Crippen LogP contribution in [-0.2, 0) is 6.42 Å². The smallest absolute Gasteiger partial charge is 0.222 e. The van der Waals surface area contributed by atoms with E-state index in [-0.39, 0.29) is 5.75 Å². The largest absolute Gasteiger partial charge is 0.508 e. The van der Waals surface area contributed by atoms with Crippen molar-refractivity contribution in [2.75, 3.05) is 0 Å². The summed E-state index contributed by atoms with van der Waals surface area (Å²) in [6.07, 6.45) is 0.832. The molecule has 0 saturated heterocycles. The van der Waals surface area contributed by atoms with Crippen molar-refractivity contribution in [3.8, 4) is 17.4 Å². The molecule has 4 heteroatoms. The zero-order valence-corrected chi connectivity index (χ0v) is 10.8. The Hall–Kier alpha value is -2.10. The van der Waals surface area contributed by atoms with Crippen LogP contribution in [0.15, 0.2) is 24.3 Å². The van der Waals surface area contributed by atoms with Crippen molar-refractivity contribution in [3.63, 3.8) is 0 Å². The van der Waals surface area contributed by atoms with E-state index in [4.69, 9.17) is 4.74 Å². The first kappa shape index (κ1) is 12.4. The van der Waals surface area contributed by atoms with Crippen LogP contribution in [0, 0.1) is 13.8 Å². The fraction of sp³-hybridized carbons (Fsp3) is 0.286. The molecular formula is C14H16N2O2. The third kappa shape index (κ3) is 2.97. The molecule has 94 valence electrons. The highest BCUT2D eigenvalue weighted by Gasteiger charge is 2.04. The van der Waals surface area contributed by atoms with Crippen LogP contribution in [0.1, 0.15) is 24.0 Å². The van der Waals surface area contributed by atoms with Crippen molar-refractivity contribution in [2.45, 2.75) is 27.2 Å². The molecule has 18 heavy (non-hydrogen) atoms. The summed E-state index contributed by atoms with van der Waals surface area (Å²) in [6.45, 7) is 5.76. The number of hydrogen-bond donors (Lipinski definition) is 1. The molecule has 1 aromatic carbocycles. The van der Waals surface area contributed by atoms with Crippen molar-refractivity contribution in [1.29, 1.82) is 0 Å². The first-order valence-corrected chi connectivity index (χ1v) is 5.90. The molecule has 0 aliphatic rings. The summed E-state index contributed by atoms with van der Waals surface area (Å²) in [7, 11) is 0. The number of ether oxygens (including phenoxy) is 1. The van der Waals surface area contributed by atoms with Gasteiger partial charge in [0.25, 0.3) is 0 Å². The molecule has 0 aliphatic carbocycles. The van der Waals surface area contributed by atoms with Crippen LogP contribution in [0.25, 0.3) is 0 Å². The molecule has 2 aromatic rings. The number of phenolic OH excluding ortho intramolecular Hbond substituents is 1. The molecular weight excluding hydrogens is 228 g/mol. The first-order chi connectivity index (χ1) is 8.56. The third-order valence-corrected chi connectivity index (χ3v) is 2.49. The zero-order valence-electron chi connectivity index (χ0n) is 10.8. The minimum absolute atomic E-state index is 0.187. The Morgan fingerprint density at radius 2 is 1.89 bits per heavy atom. The number of aryl methyl sites for hydroxylation is 3. The third-order valence-electron chi connectivity index (χ3n) is 2.49. The van der Waals surface area contributed by atoms with E-state index in [0.717, 1.165) is 17.7 Å². The zero-order chi connectivity index (χ0) is 13.1. The Balaban J connectivity index is 2.30. The average Bonchev–Trinajstić information content (AvgIpc) is 2.26. The summed E-state index contributed by atoms with van der Waals surface area (Å²) in [6, 6.07) is 6.90. The van der Waals surface area contributed by atoms with E-state index in [1.807, 2.05) is 32.9 Å². The van der Waals surface area contributed by atoms with Crippen molar-refractivity contribution >= 4 is 0 Å². The minimum atomic E-state index is 0.187. The highest BCUT2D eigenvalue weighted by molar-refractivity contribution is 5.38. The van der Waals surface area contributed by atoms with Crippen LogP contribution in [-0.4, -0.2) is 15.1 Å². The normalized spacial score (nSPS) is 10.4. The molecule has 1 N–H and O–H groups in total. The fourth-order valence-electron chi connectivity index (χ4n) is 1.74. The number of aromatic hydroxyl groups is 1. The molecule has 4 nitrogen and oxygen atoms in total. The summed E-state index contributed by atoms with van der Waals surface area (Å²) >= 11 is 0. The van der Waals surface area contributed by atoms with Crippen molar-refractivity contribution in [1.82, 2.24) is 9.97 Å². The second-order valence-corrected chi connectivity index (χ2v) is 4.20. The number of phenols is 1. The Labute approximate surface area is 106 Å². The number of rotatable bonds is 3. The van der Waals surface area contributed by atoms with E-state index in [0.29, 0.717) is 17.5 Å². The van der Waals surface area contributed by atoms with Crippen molar-refractivity contribution < 1.29 is 9.84 Å². The topological polar surface area (TPSA) is 55.2 Å². The van der Waals surface area contributed by atoms with Gasteiger partial charge in [0.15, 0.2) is 0 Å². The van der Waals surface area contributed by atoms with Crippen LogP contribution >= 0.6 is 0 Å². The van der Waals surface area contributed by atoms with Gasteiger partial charge >= 0.3 is 0 Å². The van der Waals surface area contributed by atoms with Gasteiger partial charge in [-0.3, -0.25) is 0 Å². The lowest BCUT2D eigenvalue weighted by atomic mass is 10.2. The van der Waals surface area contributed by atoms with Gasteiger partial charge in [-0.25, -0.2) is 4.98 Å². The lowest BCUT2D eigenvalue weighted by Crippen LogP contribution is -1.97. The van der Waals surface area contributed by atoms with E-state index in [1.54, 1.807) is 12.1 Å². The SMILES string of the molecule is CCc1cc(Oc2cc(C)cc(O)c2)nc(C)n1. The first-order valence-electron chi connectivity index (χ1n) is 5.90. The predicted octanol–water partition coefficient (Wildman–Crippen LogP) is 3.15. The molecule has 1 heterocycles. The molecule has 0 aliphatic heterocycles. The van der Waals surface area contributed by atoms with Crippen LogP contribution in [0.3, 0.4) is 0 Å². The second-order valence-electron chi connectivity index (χ2n) is 4.20. The molecule has 0 saturated carbocycles. The predicted molar refractivity (Wildman–Crippen MR) is 69.1 cm³/mol. The van der Waals surface area contributed by atoms with Crippen molar-refractivity contribution in [2.24, 2.45) is 0 Å². The van der Waals surface area contributed by atoms with E-state index < -0.39 is 0 Å². The number of hydrogen-bond acceptors (Lipinski definition) is 4. The highest BCUT2D eigenvalue weighted by atomic mass is 16.5. The summed E-state index contributed by atoms with van der Waals surface area (Å²) in [5.74, 6) is 1.95. The van der Waals surface area contributed by atoms with Gasteiger partial charge in [0.2, 0.25) is 5.88 Å². The summed E-state index contributed by atoms with van der Waals surface area (Å²) in [4.78, 5) is 8.51. The molecule has 0 fully saturated rings. The Bertz CT molecular complexity index is 547. The maximum absolute atomic E-state index is 9.51. The monoisotopic (exact) mass is 244 g/mol. The molecule has 0 unspecified atom stereocenters. The van der Waals surface area contributed by atoms with E-state index in [2.05, 4.69) is 9.97 Å². The van der Waals surface area contributed by atoms with E-state index >= 15 is 0 Å². The van der Waals surface area contributed by atoms with Crippen LogP contribution in [0.2, 0.25) is 0 Å². The number of benzene rings is 1. The second kappa shape index (κ2) is 5.04. The highest BCUT2D eigenvalue weighted by Crippen LogP contribution is 2.25. The van der Waals surface area contributed by atoms with Crippen LogP contribution < -0.4 is 4.74 Å². The molecule has 0 atom stereocenters. The minimum Gasteiger partial charge on any atom is -0.508 e. The van der Waals surface area contributed by atoms with Gasteiger partial charge in [0.05, 0.1) is 0 Å². The van der Waals surface area contributed by atoms with E-state index in [1.165, 1.54) is 0 Å². The van der Waals surface area contributed by atoms with Gasteiger partial charge in [0, 0.05) is 17.8 Å². The van der Waals surface area contributed by atoms with Gasteiger partial charge < -0.3 is 9.84 Å². The molecule has 2 rings (SSSR count). The lowest BCUT2D eigenvalue weighted by Gasteiger charge is -2.08. The number of nitrogens with zero attached hydrogens (tertiary/aromatic N) is 2. The Morgan fingerprint density at radius 3 is 2.56 bits per heavy atom. The maximum atomic E-state index is 9.51. The van der Waals surface area contributed by atoms with Gasteiger partial charge in [-0.15, -0.1) is 0 Å². The van der Waals surface area contributed by atoms with Crippen LogP contribution in [0.4, 0.5) is 0 Å². The van der Waals surface area contributed by atoms with Gasteiger partial charge in [-0.1, -0.05) is 6.92 Å². The molecule has 0 spiro atoms. The van der Waals surface area contributed by atoms with Gasteiger partial charge in [0.1, 0.15) is 17.3 Å². The molecule has 0 amide bonds. The van der Waals surface area contributed by atoms with Crippen LogP contribution in [0.5, 0.6) is 17.4 Å². The van der Waals surface area contributed by atoms with E-state index in [9.17, 15) is 5.11 Å². The summed E-state index contributed by atoms with van der Waals surface area (Å²) in [5, 5.41) is 9.51. The fourth-order valence-corrected chi connectivity index (χ4v) is 1.74. The molecule has 1 aromatic heterocycles. The Kier molecular flexibility index (Phi) is 3.46. The van der Waals surface area contributed by atoms with Crippen molar-refractivity contribution in [3.05, 3.63) is 41.3 Å². The molecule has 0 radical (unpaired) electrons. The Morgan fingerprint density at radius 1 is 1.11 bits per heavy atom. The lowest BCUT2D eigenvalue weighted by molar-refractivity contribution is 0.442.